The first kappa shape index (κ1) is 19.6. The van der Waals surface area contributed by atoms with Crippen molar-refractivity contribution in [3.63, 3.8) is 0 Å². The molecule has 1 N–H and O–H groups in total. The second kappa shape index (κ2) is 7.68. The summed E-state index contributed by atoms with van der Waals surface area (Å²) < 4.78 is 5.15. The number of esters is 1. The minimum atomic E-state index is -0.995. The third kappa shape index (κ3) is 4.47. The zero-order valence-corrected chi connectivity index (χ0v) is 15.5. The standard InChI is InChI=1S/C19H24N2O5/c1-12(2)9-10-19(4)17(24)21(18(25)20-19)11-16(23)26-15-7-5-14(6-8-15)13(3)22/h5-8,12H,9-11H2,1-4H3,(H,20,25)/t19-/m0/s1. The Morgan fingerprint density at radius 1 is 1.19 bits per heavy atom. The van der Waals surface area contributed by atoms with Crippen molar-refractivity contribution in [2.45, 2.75) is 46.1 Å². The van der Waals surface area contributed by atoms with Crippen LogP contribution in [0.1, 0.15) is 50.9 Å². The van der Waals surface area contributed by atoms with Gasteiger partial charge in [0.15, 0.2) is 5.78 Å². The summed E-state index contributed by atoms with van der Waals surface area (Å²) in [6.45, 7) is 6.72. The van der Waals surface area contributed by atoms with E-state index < -0.39 is 30.0 Å². The molecule has 7 heteroatoms. The molecule has 0 radical (unpaired) electrons. The fourth-order valence-electron chi connectivity index (χ4n) is 2.69. The van der Waals surface area contributed by atoms with E-state index in [1.807, 2.05) is 13.8 Å². The van der Waals surface area contributed by atoms with E-state index in [2.05, 4.69) is 5.32 Å². The van der Waals surface area contributed by atoms with Crippen LogP contribution in [0.2, 0.25) is 0 Å². The van der Waals surface area contributed by atoms with E-state index in [-0.39, 0.29) is 11.5 Å². The third-order valence-electron chi connectivity index (χ3n) is 4.35. The summed E-state index contributed by atoms with van der Waals surface area (Å²) in [5.74, 6) is -0.602. The molecule has 0 aromatic heterocycles. The van der Waals surface area contributed by atoms with E-state index in [9.17, 15) is 19.2 Å². The largest absolute Gasteiger partial charge is 0.425 e. The maximum absolute atomic E-state index is 12.6. The minimum Gasteiger partial charge on any atom is -0.425 e. The molecule has 1 heterocycles. The second-order valence-corrected chi connectivity index (χ2v) is 7.14. The topological polar surface area (TPSA) is 92.8 Å². The molecule has 1 aromatic rings. The molecule has 2 rings (SSSR count). The second-order valence-electron chi connectivity index (χ2n) is 7.14. The highest BCUT2D eigenvalue weighted by Gasteiger charge is 2.48. The first-order valence-corrected chi connectivity index (χ1v) is 8.58. The Bertz CT molecular complexity index is 726. The Hall–Kier alpha value is -2.70. The molecule has 1 fully saturated rings. The number of rotatable bonds is 7. The van der Waals surface area contributed by atoms with Gasteiger partial charge < -0.3 is 10.1 Å². The zero-order chi connectivity index (χ0) is 19.5. The summed E-state index contributed by atoms with van der Waals surface area (Å²) in [4.78, 5) is 48.9. The Morgan fingerprint density at radius 2 is 1.81 bits per heavy atom. The molecular weight excluding hydrogens is 336 g/mol. The first-order chi connectivity index (χ1) is 12.1. The SMILES string of the molecule is CC(=O)c1ccc(OC(=O)CN2C(=O)N[C@@](C)(CCC(C)C)C2=O)cc1. The van der Waals surface area contributed by atoms with E-state index in [4.69, 9.17) is 4.74 Å². The van der Waals surface area contributed by atoms with Crippen molar-refractivity contribution in [2.75, 3.05) is 6.54 Å². The molecule has 0 unspecified atom stereocenters. The molecule has 1 aliphatic rings. The van der Waals surface area contributed by atoms with E-state index in [1.54, 1.807) is 19.1 Å². The van der Waals surface area contributed by atoms with Gasteiger partial charge in [-0.3, -0.25) is 14.5 Å². The molecule has 0 aliphatic carbocycles. The lowest BCUT2D eigenvalue weighted by molar-refractivity contribution is -0.140. The molecule has 26 heavy (non-hydrogen) atoms. The average molecular weight is 360 g/mol. The van der Waals surface area contributed by atoms with Gasteiger partial charge in [0.2, 0.25) is 0 Å². The van der Waals surface area contributed by atoms with E-state index in [0.717, 1.165) is 11.3 Å². The van der Waals surface area contributed by atoms with Gasteiger partial charge in [-0.15, -0.1) is 0 Å². The van der Waals surface area contributed by atoms with Crippen LogP contribution in [0.15, 0.2) is 24.3 Å². The molecule has 1 atom stereocenters. The molecule has 1 aromatic carbocycles. The Morgan fingerprint density at radius 3 is 2.35 bits per heavy atom. The highest BCUT2D eigenvalue weighted by atomic mass is 16.5. The van der Waals surface area contributed by atoms with Crippen molar-refractivity contribution in [3.8, 4) is 5.75 Å². The first-order valence-electron chi connectivity index (χ1n) is 8.58. The van der Waals surface area contributed by atoms with Crippen LogP contribution >= 0.6 is 0 Å². The number of amides is 3. The van der Waals surface area contributed by atoms with Crippen LogP contribution < -0.4 is 10.1 Å². The number of nitrogens with one attached hydrogen (secondary N) is 1. The Labute approximate surface area is 152 Å². The van der Waals surface area contributed by atoms with Crippen molar-refractivity contribution in [1.82, 2.24) is 10.2 Å². The van der Waals surface area contributed by atoms with Gasteiger partial charge >= 0.3 is 12.0 Å². The fraction of sp³-hybridized carbons (Fsp3) is 0.474. The number of Topliss-reactive ketones (excluding diaryl/α,β-unsaturated/α-hetero) is 1. The quantitative estimate of drug-likeness (QED) is 0.349. The molecule has 1 aliphatic heterocycles. The number of imide groups is 1. The monoisotopic (exact) mass is 360 g/mol. The maximum Gasteiger partial charge on any atom is 0.331 e. The lowest BCUT2D eigenvalue weighted by atomic mass is 9.92. The molecule has 140 valence electrons. The van der Waals surface area contributed by atoms with Gasteiger partial charge in [0.25, 0.3) is 5.91 Å². The third-order valence-corrected chi connectivity index (χ3v) is 4.35. The molecule has 3 amide bonds. The summed E-state index contributed by atoms with van der Waals surface area (Å²) in [6, 6.07) is 5.48. The van der Waals surface area contributed by atoms with Crippen LogP contribution in [0.4, 0.5) is 4.79 Å². The van der Waals surface area contributed by atoms with Crippen molar-refractivity contribution >= 4 is 23.7 Å². The summed E-state index contributed by atoms with van der Waals surface area (Å²) in [5.41, 5.74) is -0.495. The van der Waals surface area contributed by atoms with Crippen LogP contribution in [0, 0.1) is 5.92 Å². The van der Waals surface area contributed by atoms with Gasteiger partial charge in [0, 0.05) is 5.56 Å². The number of hydrogen-bond donors (Lipinski definition) is 1. The number of ether oxygens (including phenoxy) is 1. The molecule has 0 spiro atoms. The maximum atomic E-state index is 12.6. The number of nitrogens with zero attached hydrogens (tertiary/aromatic N) is 1. The van der Waals surface area contributed by atoms with E-state index in [0.29, 0.717) is 17.9 Å². The smallest absolute Gasteiger partial charge is 0.331 e. The summed E-state index contributed by atoms with van der Waals surface area (Å²) >= 11 is 0. The number of ketones is 1. The van der Waals surface area contributed by atoms with Crippen LogP contribution in [0.25, 0.3) is 0 Å². The number of hydrogen-bond acceptors (Lipinski definition) is 5. The highest BCUT2D eigenvalue weighted by Crippen LogP contribution is 2.24. The zero-order valence-electron chi connectivity index (χ0n) is 15.5. The normalized spacial score (nSPS) is 19.7. The van der Waals surface area contributed by atoms with Crippen LogP contribution in [-0.2, 0) is 9.59 Å². The number of benzene rings is 1. The van der Waals surface area contributed by atoms with E-state index in [1.165, 1.54) is 19.1 Å². The summed E-state index contributed by atoms with van der Waals surface area (Å²) in [6.07, 6.45) is 1.29. The van der Waals surface area contributed by atoms with Crippen molar-refractivity contribution in [3.05, 3.63) is 29.8 Å². The Kier molecular flexibility index (Phi) is 5.79. The molecule has 0 bridgehead atoms. The fourth-order valence-corrected chi connectivity index (χ4v) is 2.69. The minimum absolute atomic E-state index is 0.0945. The lowest BCUT2D eigenvalue weighted by Gasteiger charge is -2.22. The van der Waals surface area contributed by atoms with Crippen molar-refractivity contribution in [1.29, 1.82) is 0 Å². The molecule has 0 saturated carbocycles. The van der Waals surface area contributed by atoms with Gasteiger partial charge in [0.1, 0.15) is 17.8 Å². The summed E-state index contributed by atoms with van der Waals surface area (Å²) in [7, 11) is 0. The number of carbonyl (C=O) groups is 4. The molecular formula is C19H24N2O5. The van der Waals surface area contributed by atoms with Crippen LogP contribution in [0.5, 0.6) is 5.75 Å². The van der Waals surface area contributed by atoms with Crippen molar-refractivity contribution < 1.29 is 23.9 Å². The van der Waals surface area contributed by atoms with E-state index >= 15 is 0 Å². The average Bonchev–Trinajstić information content (AvgIpc) is 2.77. The van der Waals surface area contributed by atoms with Gasteiger partial charge in [0.05, 0.1) is 0 Å². The van der Waals surface area contributed by atoms with Gasteiger partial charge in [-0.1, -0.05) is 13.8 Å². The van der Waals surface area contributed by atoms with Crippen LogP contribution in [0.3, 0.4) is 0 Å². The summed E-state index contributed by atoms with van der Waals surface area (Å²) in [5, 5.41) is 2.67. The highest BCUT2D eigenvalue weighted by molar-refractivity contribution is 6.08. The molecule has 7 nitrogen and oxygen atoms in total. The van der Waals surface area contributed by atoms with Crippen LogP contribution in [-0.4, -0.2) is 40.7 Å². The Balaban J connectivity index is 1.98. The molecule has 1 saturated heterocycles. The predicted molar refractivity (Wildman–Crippen MR) is 94.8 cm³/mol. The number of carbonyl (C=O) groups excluding carboxylic acids is 4. The number of urea groups is 1. The lowest BCUT2D eigenvalue weighted by Crippen LogP contribution is -2.44. The van der Waals surface area contributed by atoms with Gasteiger partial charge in [-0.2, -0.15) is 0 Å². The van der Waals surface area contributed by atoms with Gasteiger partial charge in [-0.25, -0.2) is 9.59 Å². The van der Waals surface area contributed by atoms with Crippen molar-refractivity contribution in [2.24, 2.45) is 5.92 Å². The van der Waals surface area contributed by atoms with Gasteiger partial charge in [-0.05, 0) is 56.9 Å². The predicted octanol–water partition coefficient (Wildman–Crippen LogP) is 2.54.